The van der Waals surface area contributed by atoms with Crippen LogP contribution in [0.3, 0.4) is 0 Å². The van der Waals surface area contributed by atoms with Crippen LogP contribution in [0.15, 0.2) is 54.6 Å². The molecule has 4 rings (SSSR count). The second-order valence-electron chi connectivity index (χ2n) is 6.07. The molecule has 0 saturated carbocycles. The van der Waals surface area contributed by atoms with Crippen molar-refractivity contribution in [3.8, 4) is 11.3 Å². The normalized spacial score (nSPS) is 10.8. The summed E-state index contributed by atoms with van der Waals surface area (Å²) < 4.78 is 6.65. The fourth-order valence-electron chi connectivity index (χ4n) is 2.83. The first-order chi connectivity index (χ1) is 14.2. The Kier molecular flexibility index (Phi) is 5.30. The molecule has 0 fully saturated rings. The minimum absolute atomic E-state index is 0.0183. The molecule has 29 heavy (non-hydrogen) atoms. The fourth-order valence-corrected chi connectivity index (χ4v) is 3.73. The van der Waals surface area contributed by atoms with Crippen molar-refractivity contribution in [1.29, 1.82) is 0 Å². The van der Waals surface area contributed by atoms with Gasteiger partial charge in [-0.25, -0.2) is 14.5 Å². The highest BCUT2D eigenvalue weighted by Gasteiger charge is 2.21. The number of para-hydroxylation sites is 1. The molecule has 8 nitrogen and oxygen atoms in total. The van der Waals surface area contributed by atoms with Gasteiger partial charge in [0.15, 0.2) is 5.13 Å². The Morgan fingerprint density at radius 1 is 1.10 bits per heavy atom. The van der Waals surface area contributed by atoms with E-state index >= 15 is 0 Å². The highest BCUT2D eigenvalue weighted by atomic mass is 32.1. The van der Waals surface area contributed by atoms with Gasteiger partial charge >= 0.3 is 5.97 Å². The van der Waals surface area contributed by atoms with E-state index in [9.17, 15) is 9.59 Å². The summed E-state index contributed by atoms with van der Waals surface area (Å²) in [6, 6.07) is 16.7. The molecule has 4 aromatic rings. The largest absolute Gasteiger partial charge is 0.462 e. The van der Waals surface area contributed by atoms with Gasteiger partial charge in [0, 0.05) is 5.56 Å². The minimum Gasteiger partial charge on any atom is -0.462 e. The number of carbonyl (C=O) groups is 2. The smallest absolute Gasteiger partial charge is 0.350 e. The predicted octanol–water partition coefficient (Wildman–Crippen LogP) is 3.37. The number of esters is 1. The monoisotopic (exact) mass is 407 g/mol. The van der Waals surface area contributed by atoms with Crippen molar-refractivity contribution in [3.63, 3.8) is 0 Å². The number of benzene rings is 2. The molecule has 2 aromatic carbocycles. The lowest BCUT2D eigenvalue weighted by Gasteiger charge is -2.02. The number of nitrogens with zero attached hydrogens (tertiary/aromatic N) is 4. The molecule has 0 spiro atoms. The van der Waals surface area contributed by atoms with Crippen LogP contribution in [-0.2, 0) is 16.1 Å². The van der Waals surface area contributed by atoms with Crippen LogP contribution in [0.5, 0.6) is 0 Å². The quantitative estimate of drug-likeness (QED) is 0.492. The SMILES string of the molecule is CCOC(=O)c1sc(NC(=O)Cn2nnc3ccccc32)nc1-c1ccccc1. The summed E-state index contributed by atoms with van der Waals surface area (Å²) >= 11 is 1.08. The van der Waals surface area contributed by atoms with E-state index in [4.69, 9.17) is 4.74 Å². The summed E-state index contributed by atoms with van der Waals surface area (Å²) in [7, 11) is 0. The lowest BCUT2D eigenvalue weighted by molar-refractivity contribution is -0.116. The minimum atomic E-state index is -0.466. The zero-order chi connectivity index (χ0) is 20.2. The van der Waals surface area contributed by atoms with Crippen molar-refractivity contribution < 1.29 is 14.3 Å². The molecule has 0 saturated heterocycles. The summed E-state index contributed by atoms with van der Waals surface area (Å²) in [5.41, 5.74) is 2.73. The molecule has 0 aliphatic rings. The van der Waals surface area contributed by atoms with Gasteiger partial charge in [0.2, 0.25) is 5.91 Å². The van der Waals surface area contributed by atoms with E-state index in [0.29, 0.717) is 21.2 Å². The van der Waals surface area contributed by atoms with Gasteiger partial charge in [-0.2, -0.15) is 0 Å². The third-order valence-corrected chi connectivity index (χ3v) is 5.05. The summed E-state index contributed by atoms with van der Waals surface area (Å²) in [6.07, 6.45) is 0. The Morgan fingerprint density at radius 2 is 1.86 bits per heavy atom. The Bertz CT molecular complexity index is 1170. The standard InChI is InChI=1S/C20H17N5O3S/c1-2-28-19(27)18-17(13-8-4-3-5-9-13)22-20(29-18)21-16(26)12-25-15-11-7-6-10-14(15)23-24-25/h3-11H,2,12H2,1H3,(H,21,22,26). The van der Waals surface area contributed by atoms with Crippen molar-refractivity contribution in [2.45, 2.75) is 13.5 Å². The summed E-state index contributed by atoms with van der Waals surface area (Å²) in [5.74, 6) is -0.781. The number of amides is 1. The van der Waals surface area contributed by atoms with Crippen LogP contribution in [0, 0.1) is 0 Å². The zero-order valence-corrected chi connectivity index (χ0v) is 16.3. The summed E-state index contributed by atoms with van der Waals surface area (Å²) in [6.45, 7) is 1.98. The maximum absolute atomic E-state index is 12.5. The van der Waals surface area contributed by atoms with Gasteiger partial charge in [-0.05, 0) is 19.1 Å². The molecule has 2 aromatic heterocycles. The Labute approximate surface area is 170 Å². The van der Waals surface area contributed by atoms with Crippen molar-refractivity contribution in [2.75, 3.05) is 11.9 Å². The van der Waals surface area contributed by atoms with Crippen molar-refractivity contribution in [3.05, 3.63) is 59.5 Å². The van der Waals surface area contributed by atoms with Gasteiger partial charge in [-0.3, -0.25) is 4.79 Å². The van der Waals surface area contributed by atoms with Gasteiger partial charge in [-0.1, -0.05) is 59.0 Å². The second-order valence-corrected chi connectivity index (χ2v) is 7.07. The number of hydrogen-bond donors (Lipinski definition) is 1. The number of ether oxygens (including phenoxy) is 1. The van der Waals surface area contributed by atoms with Crippen LogP contribution < -0.4 is 5.32 Å². The van der Waals surface area contributed by atoms with Gasteiger partial charge in [0.05, 0.1) is 17.8 Å². The number of fused-ring (bicyclic) bond motifs is 1. The maximum Gasteiger partial charge on any atom is 0.350 e. The van der Waals surface area contributed by atoms with E-state index in [1.807, 2.05) is 54.6 Å². The molecule has 9 heteroatoms. The molecule has 0 unspecified atom stereocenters. The first-order valence-electron chi connectivity index (χ1n) is 8.97. The fraction of sp³-hybridized carbons (Fsp3) is 0.150. The van der Waals surface area contributed by atoms with Crippen molar-refractivity contribution in [1.82, 2.24) is 20.0 Å². The second kappa shape index (κ2) is 8.19. The molecule has 0 radical (unpaired) electrons. The molecule has 0 bridgehead atoms. The van der Waals surface area contributed by atoms with Gasteiger partial charge < -0.3 is 10.1 Å². The number of anilines is 1. The van der Waals surface area contributed by atoms with Crippen LogP contribution in [0.2, 0.25) is 0 Å². The summed E-state index contributed by atoms with van der Waals surface area (Å²) in [5, 5.41) is 11.1. The number of rotatable bonds is 6. The Morgan fingerprint density at radius 3 is 2.66 bits per heavy atom. The molecule has 0 atom stereocenters. The molecular formula is C20H17N5O3S. The van der Waals surface area contributed by atoms with Crippen LogP contribution in [-0.4, -0.2) is 38.5 Å². The first kappa shape index (κ1) is 18.8. The number of hydrogen-bond acceptors (Lipinski definition) is 7. The third-order valence-electron chi connectivity index (χ3n) is 4.10. The van der Waals surface area contributed by atoms with Crippen molar-refractivity contribution in [2.24, 2.45) is 0 Å². The molecule has 0 aliphatic carbocycles. The molecule has 0 aliphatic heterocycles. The average Bonchev–Trinajstić information content (AvgIpc) is 3.33. The Balaban J connectivity index is 1.58. The lowest BCUT2D eigenvalue weighted by Crippen LogP contribution is -2.19. The maximum atomic E-state index is 12.5. The van der Waals surface area contributed by atoms with E-state index < -0.39 is 5.97 Å². The van der Waals surface area contributed by atoms with E-state index in [2.05, 4.69) is 20.6 Å². The van der Waals surface area contributed by atoms with Gasteiger partial charge in [-0.15, -0.1) is 5.10 Å². The highest BCUT2D eigenvalue weighted by molar-refractivity contribution is 7.18. The third kappa shape index (κ3) is 3.99. The van der Waals surface area contributed by atoms with Crippen molar-refractivity contribution >= 4 is 39.4 Å². The topological polar surface area (TPSA) is 99.0 Å². The van der Waals surface area contributed by atoms with E-state index in [0.717, 1.165) is 22.4 Å². The van der Waals surface area contributed by atoms with Crippen LogP contribution >= 0.6 is 11.3 Å². The summed E-state index contributed by atoms with van der Waals surface area (Å²) in [4.78, 5) is 29.7. The number of nitrogens with one attached hydrogen (secondary N) is 1. The van der Waals surface area contributed by atoms with Gasteiger partial charge in [0.25, 0.3) is 0 Å². The van der Waals surface area contributed by atoms with Crippen LogP contribution in [0.25, 0.3) is 22.3 Å². The average molecular weight is 407 g/mol. The van der Waals surface area contributed by atoms with Crippen LogP contribution in [0.4, 0.5) is 5.13 Å². The number of carbonyl (C=O) groups excluding carboxylic acids is 2. The van der Waals surface area contributed by atoms with E-state index in [-0.39, 0.29) is 19.1 Å². The molecular weight excluding hydrogens is 390 g/mol. The zero-order valence-electron chi connectivity index (χ0n) is 15.5. The van der Waals surface area contributed by atoms with Gasteiger partial charge in [0.1, 0.15) is 16.9 Å². The first-order valence-corrected chi connectivity index (χ1v) is 9.79. The predicted molar refractivity (Wildman–Crippen MR) is 110 cm³/mol. The number of thiazole rings is 1. The lowest BCUT2D eigenvalue weighted by atomic mass is 10.1. The molecule has 1 N–H and O–H groups in total. The number of aromatic nitrogens is 4. The molecule has 2 heterocycles. The Hall–Kier alpha value is -3.59. The molecule has 146 valence electrons. The molecule has 1 amide bonds. The highest BCUT2D eigenvalue weighted by Crippen LogP contribution is 2.31. The van der Waals surface area contributed by atoms with E-state index in [1.54, 1.807) is 6.92 Å². The van der Waals surface area contributed by atoms with E-state index in [1.165, 1.54) is 4.68 Å². The van der Waals surface area contributed by atoms with Crippen LogP contribution in [0.1, 0.15) is 16.6 Å².